The van der Waals surface area contributed by atoms with Crippen molar-refractivity contribution < 1.29 is 4.57 Å². The number of aromatic nitrogens is 1. The van der Waals surface area contributed by atoms with Crippen LogP contribution in [0.4, 0.5) is 0 Å². The van der Waals surface area contributed by atoms with Gasteiger partial charge in [-0.05, 0) is 72.1 Å². The molecule has 0 radical (unpaired) electrons. The van der Waals surface area contributed by atoms with Gasteiger partial charge in [-0.15, -0.1) is 0 Å². The van der Waals surface area contributed by atoms with Crippen LogP contribution in [0.15, 0.2) is 36.5 Å². The number of nitrogens with zero attached hydrogens (tertiary/aromatic N) is 1. The average molecular weight is 365 g/mol. The van der Waals surface area contributed by atoms with Crippen LogP contribution >= 0.6 is 0 Å². The van der Waals surface area contributed by atoms with Crippen molar-refractivity contribution in [3.8, 4) is 11.3 Å². The summed E-state index contributed by atoms with van der Waals surface area (Å²) in [5, 5.41) is 0. The molecule has 0 bridgehead atoms. The monoisotopic (exact) mass is 364 g/mol. The highest BCUT2D eigenvalue weighted by molar-refractivity contribution is 5.62. The van der Waals surface area contributed by atoms with Gasteiger partial charge in [0, 0.05) is 17.2 Å². The molecule has 0 aliphatic heterocycles. The topological polar surface area (TPSA) is 3.88 Å². The van der Waals surface area contributed by atoms with Gasteiger partial charge in [-0.25, -0.2) is 4.57 Å². The number of hydrogen-bond donors (Lipinski definition) is 0. The fourth-order valence-electron chi connectivity index (χ4n) is 4.42. The van der Waals surface area contributed by atoms with Crippen molar-refractivity contribution in [1.29, 1.82) is 0 Å². The van der Waals surface area contributed by atoms with Crippen molar-refractivity contribution in [3.63, 3.8) is 0 Å². The summed E-state index contributed by atoms with van der Waals surface area (Å²) in [6.45, 7) is 16.4. The smallest absolute Gasteiger partial charge is 0.201 e. The summed E-state index contributed by atoms with van der Waals surface area (Å²) in [7, 11) is 2.17. The molecule has 3 rings (SSSR count). The minimum Gasteiger partial charge on any atom is -0.201 e. The fourth-order valence-corrected chi connectivity index (χ4v) is 4.42. The first-order valence-electron chi connectivity index (χ1n) is 10.5. The zero-order chi connectivity index (χ0) is 20.0. The van der Waals surface area contributed by atoms with Crippen LogP contribution in [0.2, 0.25) is 0 Å². The normalized spacial score (nSPS) is 19.1. The maximum atomic E-state index is 2.47. The minimum atomic E-state index is 0.179. The summed E-state index contributed by atoms with van der Waals surface area (Å²) in [4.78, 5) is 0. The van der Waals surface area contributed by atoms with E-state index in [1.54, 1.807) is 0 Å². The predicted molar refractivity (Wildman–Crippen MR) is 116 cm³/mol. The van der Waals surface area contributed by atoms with E-state index in [0.717, 1.165) is 0 Å². The molecule has 1 heteroatoms. The Morgan fingerprint density at radius 1 is 0.889 bits per heavy atom. The van der Waals surface area contributed by atoms with E-state index < -0.39 is 0 Å². The highest BCUT2D eigenvalue weighted by Crippen LogP contribution is 2.46. The van der Waals surface area contributed by atoms with Crippen molar-refractivity contribution in [2.75, 3.05) is 0 Å². The molecule has 1 aromatic carbocycles. The molecule has 146 valence electrons. The summed E-state index contributed by atoms with van der Waals surface area (Å²) in [6, 6.07) is 11.8. The Labute approximate surface area is 166 Å². The van der Waals surface area contributed by atoms with Gasteiger partial charge in [0.2, 0.25) is 5.69 Å². The quantitative estimate of drug-likeness (QED) is 0.526. The zero-order valence-electron chi connectivity index (χ0n) is 18.7. The second kappa shape index (κ2) is 6.76. The molecule has 0 unspecified atom stereocenters. The van der Waals surface area contributed by atoms with Crippen LogP contribution < -0.4 is 4.57 Å². The number of aryl methyl sites for hydroxylation is 2. The summed E-state index contributed by atoms with van der Waals surface area (Å²) < 4.78 is 2.29. The first-order chi connectivity index (χ1) is 12.4. The van der Waals surface area contributed by atoms with Gasteiger partial charge in [-0.3, -0.25) is 0 Å². The summed E-state index contributed by atoms with van der Waals surface area (Å²) in [5.41, 5.74) is 7.95. The zero-order valence-corrected chi connectivity index (χ0v) is 18.7. The molecule has 0 atom stereocenters. The van der Waals surface area contributed by atoms with E-state index in [1.807, 2.05) is 0 Å². The van der Waals surface area contributed by atoms with Crippen molar-refractivity contribution in [2.24, 2.45) is 12.5 Å². The van der Waals surface area contributed by atoms with Crippen LogP contribution in [0, 0.1) is 12.3 Å². The van der Waals surface area contributed by atoms with E-state index in [4.69, 9.17) is 0 Å². The predicted octanol–water partition coefficient (Wildman–Crippen LogP) is 6.64. The third kappa shape index (κ3) is 4.13. The number of benzene rings is 1. The van der Waals surface area contributed by atoms with Gasteiger partial charge in [0.25, 0.3) is 0 Å². The van der Waals surface area contributed by atoms with Crippen molar-refractivity contribution in [1.82, 2.24) is 0 Å². The molecule has 1 heterocycles. The second-order valence-electron chi connectivity index (χ2n) is 10.9. The molecule has 1 aromatic heterocycles. The van der Waals surface area contributed by atoms with E-state index in [2.05, 4.69) is 96.6 Å². The Morgan fingerprint density at radius 2 is 1.52 bits per heavy atom. The van der Waals surface area contributed by atoms with Crippen molar-refractivity contribution >= 4 is 0 Å². The molecular weight excluding hydrogens is 326 g/mol. The molecule has 1 nitrogen and oxygen atoms in total. The number of pyridine rings is 1. The highest BCUT2D eigenvalue weighted by Gasteiger charge is 2.36. The fraction of sp³-hybridized carbons (Fsp3) is 0.577. The third-order valence-electron chi connectivity index (χ3n) is 6.91. The molecule has 0 saturated heterocycles. The van der Waals surface area contributed by atoms with Crippen molar-refractivity contribution in [3.05, 3.63) is 53.2 Å². The van der Waals surface area contributed by atoms with E-state index in [0.29, 0.717) is 10.8 Å². The van der Waals surface area contributed by atoms with E-state index in [-0.39, 0.29) is 5.41 Å². The lowest BCUT2D eigenvalue weighted by Gasteiger charge is -2.42. The molecule has 27 heavy (non-hydrogen) atoms. The maximum absolute atomic E-state index is 2.47. The summed E-state index contributed by atoms with van der Waals surface area (Å²) >= 11 is 0. The first kappa shape index (κ1) is 20.1. The Kier molecular flexibility index (Phi) is 5.04. The Balaban J connectivity index is 1.92. The Hall–Kier alpha value is -1.63. The van der Waals surface area contributed by atoms with Crippen LogP contribution in [-0.2, 0) is 17.9 Å². The van der Waals surface area contributed by atoms with Gasteiger partial charge in [0.05, 0.1) is 0 Å². The average Bonchev–Trinajstić information content (AvgIpc) is 2.57. The van der Waals surface area contributed by atoms with Crippen LogP contribution in [0.5, 0.6) is 0 Å². The number of rotatable bonds is 2. The molecule has 1 aliphatic carbocycles. The summed E-state index contributed by atoms with van der Waals surface area (Å²) in [5.74, 6) is 0. The van der Waals surface area contributed by atoms with Crippen molar-refractivity contribution in [2.45, 2.75) is 85.0 Å². The van der Waals surface area contributed by atoms with E-state index >= 15 is 0 Å². The molecule has 1 saturated carbocycles. The standard InChI is InChI=1S/C26H38N/c1-19-17-20(26(7)15-13-25(5,6)14-16-26)9-11-22(19)23-12-10-21(18-27(23)8)24(2,3)4/h9-12,17-18H,13-16H2,1-8H3/q+1. The molecule has 0 N–H and O–H groups in total. The van der Waals surface area contributed by atoms with Crippen LogP contribution in [0.25, 0.3) is 11.3 Å². The molecule has 2 aromatic rings. The first-order valence-corrected chi connectivity index (χ1v) is 10.5. The van der Waals surface area contributed by atoms with Gasteiger partial charge in [0.15, 0.2) is 6.20 Å². The van der Waals surface area contributed by atoms with Gasteiger partial charge in [-0.2, -0.15) is 0 Å². The van der Waals surface area contributed by atoms with E-state index in [1.165, 1.54) is 53.6 Å². The maximum Gasteiger partial charge on any atom is 0.212 e. The van der Waals surface area contributed by atoms with Gasteiger partial charge in [0.1, 0.15) is 7.05 Å². The molecular formula is C26H38N+. The lowest BCUT2D eigenvalue weighted by atomic mass is 9.63. The van der Waals surface area contributed by atoms with Crippen LogP contribution in [0.3, 0.4) is 0 Å². The highest BCUT2D eigenvalue weighted by atomic mass is 14.9. The largest absolute Gasteiger partial charge is 0.212 e. The van der Waals surface area contributed by atoms with Crippen LogP contribution in [-0.4, -0.2) is 0 Å². The molecule has 1 aliphatic rings. The lowest BCUT2D eigenvalue weighted by molar-refractivity contribution is -0.661. The molecule has 1 fully saturated rings. The van der Waals surface area contributed by atoms with E-state index in [9.17, 15) is 0 Å². The third-order valence-corrected chi connectivity index (χ3v) is 6.91. The summed E-state index contributed by atoms with van der Waals surface area (Å²) in [6.07, 6.45) is 7.54. The van der Waals surface area contributed by atoms with Gasteiger partial charge in [-0.1, -0.05) is 53.7 Å². The minimum absolute atomic E-state index is 0.179. The van der Waals surface area contributed by atoms with Gasteiger partial charge >= 0.3 is 0 Å². The lowest BCUT2D eigenvalue weighted by Crippen LogP contribution is -2.33. The second-order valence-corrected chi connectivity index (χ2v) is 10.9. The van der Waals surface area contributed by atoms with Gasteiger partial charge < -0.3 is 0 Å². The Morgan fingerprint density at radius 3 is 2.04 bits per heavy atom. The molecule has 0 spiro atoms. The number of hydrogen-bond acceptors (Lipinski definition) is 0. The molecule has 0 amide bonds. The SMILES string of the molecule is Cc1cc(C2(C)CCC(C)(C)CC2)ccc1-c1ccc(C(C)(C)C)c[n+]1C. The van der Waals surface area contributed by atoms with Crippen LogP contribution in [0.1, 0.15) is 83.9 Å². The Bertz CT molecular complexity index is 826.